The summed E-state index contributed by atoms with van der Waals surface area (Å²) < 4.78 is 5.64. The Balaban J connectivity index is 2.73. The van der Waals surface area contributed by atoms with E-state index in [-0.39, 0.29) is 5.60 Å². The summed E-state index contributed by atoms with van der Waals surface area (Å²) in [5, 5.41) is 3.56. The first-order valence-electron chi connectivity index (χ1n) is 7.05. The van der Waals surface area contributed by atoms with E-state index in [9.17, 15) is 0 Å². The highest BCUT2D eigenvalue weighted by Crippen LogP contribution is 2.43. The smallest absolute Gasteiger partial charge is 0.0628 e. The van der Waals surface area contributed by atoms with E-state index in [0.29, 0.717) is 5.41 Å². The third-order valence-electron chi connectivity index (χ3n) is 4.39. The number of hydrogen-bond donors (Lipinski definition) is 1. The number of ether oxygens (including phenoxy) is 1. The van der Waals surface area contributed by atoms with Gasteiger partial charge >= 0.3 is 0 Å². The van der Waals surface area contributed by atoms with E-state index in [1.165, 1.54) is 19.4 Å². The van der Waals surface area contributed by atoms with Gasteiger partial charge in [-0.25, -0.2) is 0 Å². The zero-order valence-corrected chi connectivity index (χ0v) is 12.6. The molecule has 2 heteroatoms. The van der Waals surface area contributed by atoms with Crippen LogP contribution in [0.5, 0.6) is 0 Å². The maximum Gasteiger partial charge on any atom is 0.0628 e. The van der Waals surface area contributed by atoms with E-state index in [2.05, 4.69) is 39.9 Å². The monoisotopic (exact) mass is 241 g/mol. The largest absolute Gasteiger partial charge is 0.379 e. The minimum atomic E-state index is 0.00131. The van der Waals surface area contributed by atoms with Gasteiger partial charge in [0.1, 0.15) is 0 Å². The quantitative estimate of drug-likeness (QED) is 0.796. The lowest BCUT2D eigenvalue weighted by atomic mass is 9.64. The first-order valence-corrected chi connectivity index (χ1v) is 7.05. The number of hydrogen-bond acceptors (Lipinski definition) is 2. The number of methoxy groups -OCH3 is 1. The normalized spacial score (nSPS) is 30.9. The van der Waals surface area contributed by atoms with Gasteiger partial charge in [0.15, 0.2) is 0 Å². The molecule has 2 atom stereocenters. The van der Waals surface area contributed by atoms with Crippen LogP contribution in [-0.4, -0.2) is 25.8 Å². The Morgan fingerprint density at radius 3 is 2.59 bits per heavy atom. The second kappa shape index (κ2) is 5.71. The first-order chi connectivity index (χ1) is 7.79. The molecule has 1 aliphatic rings. The molecule has 1 saturated heterocycles. The third-order valence-corrected chi connectivity index (χ3v) is 4.39. The maximum atomic E-state index is 5.64. The van der Waals surface area contributed by atoms with Crippen LogP contribution in [0.4, 0.5) is 0 Å². The number of nitrogens with one attached hydrogen (secondary N) is 1. The minimum absolute atomic E-state index is 0.00131. The maximum absolute atomic E-state index is 5.64. The summed E-state index contributed by atoms with van der Waals surface area (Å²) in [6.07, 6.45) is 3.76. The molecule has 1 N–H and O–H groups in total. The molecule has 1 rings (SSSR count). The molecule has 2 unspecified atom stereocenters. The van der Waals surface area contributed by atoms with Crippen LogP contribution in [0.3, 0.4) is 0 Å². The highest BCUT2D eigenvalue weighted by atomic mass is 16.5. The van der Waals surface area contributed by atoms with Crippen molar-refractivity contribution in [1.82, 2.24) is 5.32 Å². The molecule has 0 bridgehead atoms. The summed E-state index contributed by atoms with van der Waals surface area (Å²) in [7, 11) is 1.84. The molecule has 0 aromatic rings. The van der Waals surface area contributed by atoms with Gasteiger partial charge in [0.05, 0.1) is 5.60 Å². The Bertz CT molecular complexity index is 237. The number of rotatable bonds is 5. The Hall–Kier alpha value is -0.0800. The van der Waals surface area contributed by atoms with Gasteiger partial charge in [0.2, 0.25) is 0 Å². The summed E-state index contributed by atoms with van der Waals surface area (Å²) in [4.78, 5) is 0. The molecule has 0 aromatic heterocycles. The fraction of sp³-hybridized carbons (Fsp3) is 1.00. The van der Waals surface area contributed by atoms with Gasteiger partial charge in [0.25, 0.3) is 0 Å². The van der Waals surface area contributed by atoms with E-state index in [1.54, 1.807) is 0 Å². The lowest BCUT2D eigenvalue weighted by molar-refractivity contribution is -0.0435. The zero-order valence-electron chi connectivity index (χ0n) is 12.6. The topological polar surface area (TPSA) is 21.3 Å². The van der Waals surface area contributed by atoms with Crippen molar-refractivity contribution in [1.29, 1.82) is 0 Å². The summed E-state index contributed by atoms with van der Waals surface area (Å²) in [5.74, 6) is 1.57. The molecule has 17 heavy (non-hydrogen) atoms. The van der Waals surface area contributed by atoms with E-state index < -0.39 is 0 Å². The average Bonchev–Trinajstić information content (AvgIpc) is 2.20. The molecule has 0 aromatic carbocycles. The van der Waals surface area contributed by atoms with Gasteiger partial charge < -0.3 is 10.1 Å². The zero-order chi connectivity index (χ0) is 13.1. The highest BCUT2D eigenvalue weighted by Gasteiger charge is 2.40. The lowest BCUT2D eigenvalue weighted by Crippen LogP contribution is -2.47. The van der Waals surface area contributed by atoms with Crippen molar-refractivity contribution in [3.8, 4) is 0 Å². The SMILES string of the molecule is COC(C)(C)CC1(C)CCNCC1CC(C)C. The van der Waals surface area contributed by atoms with Gasteiger partial charge in [-0.05, 0) is 63.5 Å². The molecule has 0 amide bonds. The minimum Gasteiger partial charge on any atom is -0.379 e. The third kappa shape index (κ3) is 4.26. The van der Waals surface area contributed by atoms with E-state index in [4.69, 9.17) is 4.74 Å². The van der Waals surface area contributed by atoms with Crippen molar-refractivity contribution >= 4 is 0 Å². The summed E-state index contributed by atoms with van der Waals surface area (Å²) in [5.41, 5.74) is 0.427. The summed E-state index contributed by atoms with van der Waals surface area (Å²) in [6.45, 7) is 13.9. The Labute approximate surface area is 108 Å². The van der Waals surface area contributed by atoms with Crippen LogP contribution < -0.4 is 5.32 Å². The van der Waals surface area contributed by atoms with Gasteiger partial charge in [-0.2, -0.15) is 0 Å². The second-order valence-electron chi connectivity index (χ2n) is 7.08. The molecule has 1 heterocycles. The molecule has 0 radical (unpaired) electrons. The molecular weight excluding hydrogens is 210 g/mol. The van der Waals surface area contributed by atoms with Crippen LogP contribution in [0.1, 0.15) is 53.9 Å². The van der Waals surface area contributed by atoms with Crippen LogP contribution in [0.15, 0.2) is 0 Å². The van der Waals surface area contributed by atoms with Gasteiger partial charge in [0, 0.05) is 7.11 Å². The van der Waals surface area contributed by atoms with Crippen LogP contribution in [-0.2, 0) is 4.74 Å². The van der Waals surface area contributed by atoms with Crippen LogP contribution in [0, 0.1) is 17.3 Å². The molecule has 0 saturated carbocycles. The molecule has 2 nitrogen and oxygen atoms in total. The fourth-order valence-electron chi connectivity index (χ4n) is 3.32. The van der Waals surface area contributed by atoms with Crippen molar-refractivity contribution in [3.05, 3.63) is 0 Å². The summed E-state index contributed by atoms with van der Waals surface area (Å²) >= 11 is 0. The van der Waals surface area contributed by atoms with E-state index in [0.717, 1.165) is 24.8 Å². The number of piperidine rings is 1. The molecule has 102 valence electrons. The second-order valence-corrected chi connectivity index (χ2v) is 7.08. The first kappa shape index (κ1) is 15.0. The van der Waals surface area contributed by atoms with Crippen LogP contribution >= 0.6 is 0 Å². The molecule has 0 spiro atoms. The van der Waals surface area contributed by atoms with Crippen molar-refractivity contribution < 1.29 is 4.74 Å². The summed E-state index contributed by atoms with van der Waals surface area (Å²) in [6, 6.07) is 0. The van der Waals surface area contributed by atoms with Gasteiger partial charge in [-0.3, -0.25) is 0 Å². The molecule has 0 aliphatic carbocycles. The molecule has 1 fully saturated rings. The van der Waals surface area contributed by atoms with Gasteiger partial charge in [-0.1, -0.05) is 20.8 Å². The van der Waals surface area contributed by atoms with Crippen molar-refractivity contribution in [2.45, 2.75) is 59.5 Å². The Kier molecular flexibility index (Phi) is 5.03. The van der Waals surface area contributed by atoms with Crippen LogP contribution in [0.25, 0.3) is 0 Å². The Morgan fingerprint density at radius 2 is 2.06 bits per heavy atom. The Morgan fingerprint density at radius 1 is 1.41 bits per heavy atom. The van der Waals surface area contributed by atoms with E-state index in [1.807, 2.05) is 7.11 Å². The highest BCUT2D eigenvalue weighted by molar-refractivity contribution is 4.93. The van der Waals surface area contributed by atoms with Crippen molar-refractivity contribution in [2.24, 2.45) is 17.3 Å². The molecule has 1 aliphatic heterocycles. The predicted octanol–water partition coefficient (Wildman–Crippen LogP) is 3.46. The fourth-order valence-corrected chi connectivity index (χ4v) is 3.32. The average molecular weight is 241 g/mol. The van der Waals surface area contributed by atoms with E-state index >= 15 is 0 Å². The standard InChI is InChI=1S/C15H31NO/c1-12(2)9-13-10-16-8-7-15(13,5)11-14(3,4)17-6/h12-13,16H,7-11H2,1-6H3. The molecular formula is C15H31NO. The van der Waals surface area contributed by atoms with Gasteiger partial charge in [-0.15, -0.1) is 0 Å². The van der Waals surface area contributed by atoms with Crippen molar-refractivity contribution in [2.75, 3.05) is 20.2 Å². The predicted molar refractivity (Wildman–Crippen MR) is 74.2 cm³/mol. The lowest BCUT2D eigenvalue weighted by Gasteiger charge is -2.46. The van der Waals surface area contributed by atoms with Crippen LogP contribution in [0.2, 0.25) is 0 Å². The van der Waals surface area contributed by atoms with Crippen molar-refractivity contribution in [3.63, 3.8) is 0 Å².